The Morgan fingerprint density at radius 2 is 1.69 bits per heavy atom. The minimum atomic E-state index is -0.523. The number of anilines is 1. The van der Waals surface area contributed by atoms with Gasteiger partial charge in [0, 0.05) is 32.2 Å². The summed E-state index contributed by atoms with van der Waals surface area (Å²) in [4.78, 5) is 26.9. The van der Waals surface area contributed by atoms with E-state index in [1.807, 2.05) is 24.3 Å². The van der Waals surface area contributed by atoms with Crippen LogP contribution in [0.25, 0.3) is 0 Å². The van der Waals surface area contributed by atoms with Gasteiger partial charge in [-0.15, -0.1) is 0 Å². The van der Waals surface area contributed by atoms with E-state index in [2.05, 4.69) is 4.90 Å². The van der Waals surface area contributed by atoms with Gasteiger partial charge >= 0.3 is 0 Å². The third-order valence-electron chi connectivity index (χ3n) is 4.77. The van der Waals surface area contributed by atoms with E-state index < -0.39 is 4.92 Å². The number of hydrogen-bond donors (Lipinski definition) is 0. The molecule has 2 aromatic carbocycles. The molecule has 1 aliphatic rings. The molecule has 0 spiro atoms. The van der Waals surface area contributed by atoms with Gasteiger partial charge < -0.3 is 24.0 Å². The van der Waals surface area contributed by atoms with Gasteiger partial charge in [0.2, 0.25) is 0 Å². The van der Waals surface area contributed by atoms with Crippen LogP contribution in [0.1, 0.15) is 0 Å². The molecule has 1 amide bonds. The first kappa shape index (κ1) is 20.2. The number of para-hydroxylation sites is 2. The summed E-state index contributed by atoms with van der Waals surface area (Å²) in [6.45, 7) is 2.23. The second-order valence-electron chi connectivity index (χ2n) is 6.42. The van der Waals surface area contributed by atoms with Crippen molar-refractivity contribution in [2.75, 3.05) is 51.9 Å². The summed E-state index contributed by atoms with van der Waals surface area (Å²) < 4.78 is 16.1. The number of non-ortho nitro benzene ring substituents is 1. The maximum Gasteiger partial charge on any atom is 0.273 e. The first-order valence-corrected chi connectivity index (χ1v) is 9.14. The summed E-state index contributed by atoms with van der Waals surface area (Å²) in [7, 11) is 3.07. The summed E-state index contributed by atoms with van der Waals surface area (Å²) in [5.74, 6) is 1.12. The normalized spacial score (nSPS) is 13.7. The molecule has 29 heavy (non-hydrogen) atoms. The van der Waals surface area contributed by atoms with Crippen molar-refractivity contribution in [2.24, 2.45) is 0 Å². The Morgan fingerprint density at radius 1 is 1.00 bits per heavy atom. The van der Waals surface area contributed by atoms with Crippen molar-refractivity contribution in [1.29, 1.82) is 0 Å². The van der Waals surface area contributed by atoms with Crippen molar-refractivity contribution in [3.63, 3.8) is 0 Å². The number of methoxy groups -OCH3 is 2. The molecule has 154 valence electrons. The second kappa shape index (κ2) is 9.13. The number of ether oxygens (including phenoxy) is 3. The van der Waals surface area contributed by atoms with Crippen LogP contribution in [0.2, 0.25) is 0 Å². The topological polar surface area (TPSA) is 94.4 Å². The molecular formula is C20H23N3O6. The lowest BCUT2D eigenvalue weighted by Gasteiger charge is -2.36. The van der Waals surface area contributed by atoms with Crippen LogP contribution >= 0.6 is 0 Å². The van der Waals surface area contributed by atoms with E-state index in [1.54, 1.807) is 12.0 Å². The third-order valence-corrected chi connectivity index (χ3v) is 4.77. The zero-order chi connectivity index (χ0) is 20.8. The van der Waals surface area contributed by atoms with Crippen LogP contribution in [-0.2, 0) is 4.79 Å². The molecule has 0 saturated carbocycles. The molecule has 0 radical (unpaired) electrons. The van der Waals surface area contributed by atoms with Crippen LogP contribution in [0.5, 0.6) is 17.2 Å². The predicted molar refractivity (Wildman–Crippen MR) is 107 cm³/mol. The molecule has 1 aliphatic heterocycles. The molecule has 9 nitrogen and oxygen atoms in total. The SMILES string of the molecule is COc1ccc([N+](=O)[O-])cc1OCC(=O)N1CCN(c2ccccc2OC)CC1. The Bertz CT molecular complexity index is 880. The molecule has 0 atom stereocenters. The number of piperazine rings is 1. The summed E-state index contributed by atoms with van der Waals surface area (Å²) >= 11 is 0. The maximum absolute atomic E-state index is 12.5. The quantitative estimate of drug-likeness (QED) is 0.519. The van der Waals surface area contributed by atoms with E-state index in [4.69, 9.17) is 14.2 Å². The molecule has 3 rings (SSSR count). The second-order valence-corrected chi connectivity index (χ2v) is 6.42. The van der Waals surface area contributed by atoms with Crippen molar-refractivity contribution in [3.8, 4) is 17.2 Å². The monoisotopic (exact) mass is 401 g/mol. The zero-order valence-electron chi connectivity index (χ0n) is 16.4. The number of amides is 1. The Labute approximate surface area is 168 Å². The fourth-order valence-electron chi connectivity index (χ4n) is 3.21. The maximum atomic E-state index is 12.5. The molecule has 9 heteroatoms. The molecule has 0 aliphatic carbocycles. The van der Waals surface area contributed by atoms with E-state index in [0.717, 1.165) is 11.4 Å². The summed E-state index contributed by atoms with van der Waals surface area (Å²) in [6, 6.07) is 11.8. The van der Waals surface area contributed by atoms with E-state index >= 15 is 0 Å². The lowest BCUT2D eigenvalue weighted by molar-refractivity contribution is -0.385. The van der Waals surface area contributed by atoms with Crippen LogP contribution in [0.3, 0.4) is 0 Å². The number of carbonyl (C=O) groups is 1. The summed E-state index contributed by atoms with van der Waals surface area (Å²) in [6.07, 6.45) is 0. The smallest absolute Gasteiger partial charge is 0.273 e. The highest BCUT2D eigenvalue weighted by Crippen LogP contribution is 2.31. The largest absolute Gasteiger partial charge is 0.495 e. The molecular weight excluding hydrogens is 378 g/mol. The first-order chi connectivity index (χ1) is 14.0. The number of hydrogen-bond acceptors (Lipinski definition) is 7. The van der Waals surface area contributed by atoms with Crippen LogP contribution in [0.15, 0.2) is 42.5 Å². The van der Waals surface area contributed by atoms with Gasteiger partial charge in [0.15, 0.2) is 18.1 Å². The van der Waals surface area contributed by atoms with Gasteiger partial charge in [0.1, 0.15) is 5.75 Å². The molecule has 1 saturated heterocycles. The molecule has 0 unspecified atom stereocenters. The zero-order valence-corrected chi connectivity index (χ0v) is 16.4. The standard InChI is InChI=1S/C20H23N3O6/c1-27-17-6-4-3-5-16(17)21-9-11-22(12-10-21)20(24)14-29-19-13-15(23(25)26)7-8-18(19)28-2/h3-8,13H,9-12,14H2,1-2H3. The minimum Gasteiger partial charge on any atom is -0.495 e. The van der Waals surface area contributed by atoms with Gasteiger partial charge in [0.25, 0.3) is 11.6 Å². The van der Waals surface area contributed by atoms with Crippen LogP contribution in [0, 0.1) is 10.1 Å². The van der Waals surface area contributed by atoms with Gasteiger partial charge in [-0.1, -0.05) is 12.1 Å². The van der Waals surface area contributed by atoms with E-state index in [9.17, 15) is 14.9 Å². The van der Waals surface area contributed by atoms with Gasteiger partial charge in [-0.25, -0.2) is 0 Å². The molecule has 0 bridgehead atoms. The Kier molecular flexibility index (Phi) is 6.38. The van der Waals surface area contributed by atoms with Crippen molar-refractivity contribution < 1.29 is 23.9 Å². The van der Waals surface area contributed by atoms with E-state index in [1.165, 1.54) is 25.3 Å². The van der Waals surface area contributed by atoms with E-state index in [0.29, 0.717) is 31.9 Å². The van der Waals surface area contributed by atoms with Gasteiger partial charge in [-0.2, -0.15) is 0 Å². The number of benzene rings is 2. The van der Waals surface area contributed by atoms with E-state index in [-0.39, 0.29) is 24.0 Å². The van der Waals surface area contributed by atoms with Crippen LogP contribution in [-0.4, -0.2) is 62.7 Å². The first-order valence-electron chi connectivity index (χ1n) is 9.14. The lowest BCUT2D eigenvalue weighted by atomic mass is 10.2. The van der Waals surface area contributed by atoms with Crippen LogP contribution < -0.4 is 19.1 Å². The molecule has 0 N–H and O–H groups in total. The number of rotatable bonds is 7. The number of nitro benzene ring substituents is 1. The highest BCUT2D eigenvalue weighted by Gasteiger charge is 2.23. The van der Waals surface area contributed by atoms with Crippen LogP contribution in [0.4, 0.5) is 11.4 Å². The number of nitrogens with zero attached hydrogens (tertiary/aromatic N) is 3. The highest BCUT2D eigenvalue weighted by atomic mass is 16.6. The Balaban J connectivity index is 1.58. The Morgan fingerprint density at radius 3 is 2.34 bits per heavy atom. The van der Waals surface area contributed by atoms with Crippen molar-refractivity contribution in [3.05, 3.63) is 52.6 Å². The fourth-order valence-corrected chi connectivity index (χ4v) is 3.21. The molecule has 2 aromatic rings. The van der Waals surface area contributed by atoms with Gasteiger partial charge in [-0.05, 0) is 18.2 Å². The summed E-state index contributed by atoms with van der Waals surface area (Å²) in [5.41, 5.74) is 0.873. The predicted octanol–water partition coefficient (Wildman–Crippen LogP) is 2.34. The third kappa shape index (κ3) is 4.68. The van der Waals surface area contributed by atoms with Gasteiger partial charge in [-0.3, -0.25) is 14.9 Å². The molecule has 1 fully saturated rings. The minimum absolute atomic E-state index is 0.126. The number of carbonyl (C=O) groups excluding carboxylic acids is 1. The summed E-state index contributed by atoms with van der Waals surface area (Å²) in [5, 5.41) is 11.0. The molecule has 1 heterocycles. The Hall–Kier alpha value is -3.49. The average Bonchev–Trinajstić information content (AvgIpc) is 2.77. The lowest BCUT2D eigenvalue weighted by Crippen LogP contribution is -2.50. The molecule has 0 aromatic heterocycles. The van der Waals surface area contributed by atoms with Crippen molar-refractivity contribution in [2.45, 2.75) is 0 Å². The highest BCUT2D eigenvalue weighted by molar-refractivity contribution is 5.78. The fraction of sp³-hybridized carbons (Fsp3) is 0.350. The van der Waals surface area contributed by atoms with Crippen molar-refractivity contribution >= 4 is 17.3 Å². The van der Waals surface area contributed by atoms with Gasteiger partial charge in [0.05, 0.1) is 30.9 Å². The van der Waals surface area contributed by atoms with Crippen molar-refractivity contribution in [1.82, 2.24) is 4.90 Å². The average molecular weight is 401 g/mol. The number of nitro groups is 1.